The van der Waals surface area contributed by atoms with Crippen molar-refractivity contribution in [2.75, 3.05) is 6.54 Å². The minimum Gasteiger partial charge on any atom is -0.311 e. The molecule has 2 heterocycles. The Bertz CT molecular complexity index is 466. The van der Waals surface area contributed by atoms with Crippen molar-refractivity contribution in [3.63, 3.8) is 0 Å². The van der Waals surface area contributed by atoms with Gasteiger partial charge in [-0.15, -0.1) is 0 Å². The number of hydrogen-bond acceptors (Lipinski definition) is 2. The van der Waals surface area contributed by atoms with Gasteiger partial charge in [0.05, 0.1) is 5.69 Å². The summed E-state index contributed by atoms with van der Waals surface area (Å²) in [5.74, 6) is 0. The molecule has 0 amide bonds. The van der Waals surface area contributed by atoms with E-state index in [9.17, 15) is 0 Å². The molecule has 90 valence electrons. The Balaban J connectivity index is 2.05. The molecular weight excluding hydrogens is 210 g/mol. The summed E-state index contributed by atoms with van der Waals surface area (Å²) in [6.07, 6.45) is 9.43. The molecule has 0 aliphatic heterocycles. The van der Waals surface area contributed by atoms with E-state index in [2.05, 4.69) is 36.3 Å². The van der Waals surface area contributed by atoms with Gasteiger partial charge in [-0.25, -0.2) is 4.98 Å². The fourth-order valence-electron chi connectivity index (χ4n) is 1.72. The summed E-state index contributed by atoms with van der Waals surface area (Å²) in [5.41, 5.74) is 1.99. The molecule has 2 rings (SSSR count). The first kappa shape index (κ1) is 11.9. The topological polar surface area (TPSA) is 29.3 Å². The molecule has 0 fully saturated rings. The lowest BCUT2D eigenvalue weighted by Crippen LogP contribution is -2.24. The predicted octanol–water partition coefficient (Wildman–Crippen LogP) is 2.74. The molecule has 0 bridgehead atoms. The smallest absolute Gasteiger partial charge is 0.137 e. The number of imidazole rings is 1. The lowest BCUT2D eigenvalue weighted by molar-refractivity contribution is 0.625. The van der Waals surface area contributed by atoms with Crippen LogP contribution in [0.5, 0.6) is 0 Å². The second-order valence-electron chi connectivity index (χ2n) is 4.23. The summed E-state index contributed by atoms with van der Waals surface area (Å²) >= 11 is 0. The van der Waals surface area contributed by atoms with E-state index < -0.39 is 0 Å². The minimum atomic E-state index is 0.389. The monoisotopic (exact) mass is 229 g/mol. The molecule has 3 nitrogen and oxygen atoms in total. The van der Waals surface area contributed by atoms with Crippen molar-refractivity contribution < 1.29 is 0 Å². The number of pyridine rings is 1. The van der Waals surface area contributed by atoms with Gasteiger partial charge in [-0.2, -0.15) is 0 Å². The first-order chi connectivity index (χ1) is 8.29. The van der Waals surface area contributed by atoms with E-state index in [4.69, 9.17) is 0 Å². The summed E-state index contributed by atoms with van der Waals surface area (Å²) in [6.45, 7) is 5.38. The van der Waals surface area contributed by atoms with Crippen molar-refractivity contribution >= 4 is 11.7 Å². The van der Waals surface area contributed by atoms with E-state index in [1.165, 1.54) is 0 Å². The SMILES string of the molecule is CCCNC(C)/C=C/c1cn2ccccc2n1. The van der Waals surface area contributed by atoms with Crippen molar-refractivity contribution in [2.45, 2.75) is 26.3 Å². The summed E-state index contributed by atoms with van der Waals surface area (Å²) in [5, 5.41) is 3.41. The third-order valence-electron chi connectivity index (χ3n) is 2.65. The van der Waals surface area contributed by atoms with Crippen molar-refractivity contribution in [1.29, 1.82) is 0 Å². The van der Waals surface area contributed by atoms with Crippen molar-refractivity contribution in [3.8, 4) is 0 Å². The van der Waals surface area contributed by atoms with Crippen LogP contribution in [0.1, 0.15) is 26.0 Å². The van der Waals surface area contributed by atoms with Crippen LogP contribution in [0, 0.1) is 0 Å². The molecule has 1 atom stereocenters. The first-order valence-electron chi connectivity index (χ1n) is 6.15. The molecule has 0 aromatic carbocycles. The second-order valence-corrected chi connectivity index (χ2v) is 4.23. The van der Waals surface area contributed by atoms with Gasteiger partial charge in [0.25, 0.3) is 0 Å². The Kier molecular flexibility index (Phi) is 3.94. The molecule has 0 radical (unpaired) electrons. The molecule has 0 aliphatic rings. The Labute approximate surface area is 102 Å². The van der Waals surface area contributed by atoms with Gasteiger partial charge >= 0.3 is 0 Å². The van der Waals surface area contributed by atoms with Crippen LogP contribution < -0.4 is 5.32 Å². The number of hydrogen-bond donors (Lipinski definition) is 1. The maximum Gasteiger partial charge on any atom is 0.137 e. The van der Waals surface area contributed by atoms with Crippen LogP contribution in [-0.2, 0) is 0 Å². The second kappa shape index (κ2) is 5.64. The normalized spacial score (nSPS) is 13.5. The molecule has 0 aliphatic carbocycles. The molecule has 2 aromatic rings. The number of rotatable bonds is 5. The first-order valence-corrected chi connectivity index (χ1v) is 6.15. The molecule has 1 N–H and O–H groups in total. The van der Waals surface area contributed by atoms with Gasteiger partial charge in [-0.05, 0) is 38.1 Å². The zero-order valence-corrected chi connectivity index (χ0v) is 10.4. The Morgan fingerprint density at radius 3 is 3.12 bits per heavy atom. The van der Waals surface area contributed by atoms with Gasteiger partial charge in [0.15, 0.2) is 0 Å². The maximum absolute atomic E-state index is 4.51. The van der Waals surface area contributed by atoms with Gasteiger partial charge < -0.3 is 9.72 Å². The predicted molar refractivity (Wildman–Crippen MR) is 72.0 cm³/mol. The zero-order valence-electron chi connectivity index (χ0n) is 10.4. The summed E-state index contributed by atoms with van der Waals surface area (Å²) in [7, 11) is 0. The highest BCUT2D eigenvalue weighted by atomic mass is 15.0. The van der Waals surface area contributed by atoms with Crippen LogP contribution in [-0.4, -0.2) is 22.0 Å². The largest absolute Gasteiger partial charge is 0.311 e. The van der Waals surface area contributed by atoms with Crippen molar-refractivity contribution in [2.24, 2.45) is 0 Å². The molecule has 2 aromatic heterocycles. The molecule has 0 spiro atoms. The van der Waals surface area contributed by atoms with Gasteiger partial charge in [0.2, 0.25) is 0 Å². The number of fused-ring (bicyclic) bond motifs is 1. The minimum absolute atomic E-state index is 0.389. The standard InChI is InChI=1S/C14H19N3/c1-3-9-15-12(2)7-8-13-11-17-10-5-4-6-14(17)16-13/h4-8,10-12,15H,3,9H2,1-2H3/b8-7+. The van der Waals surface area contributed by atoms with Crippen LogP contribution in [0.3, 0.4) is 0 Å². The third-order valence-corrected chi connectivity index (χ3v) is 2.65. The van der Waals surface area contributed by atoms with E-state index in [1.807, 2.05) is 35.0 Å². The lowest BCUT2D eigenvalue weighted by atomic mass is 10.2. The molecule has 3 heteroatoms. The van der Waals surface area contributed by atoms with Crippen LogP contribution >= 0.6 is 0 Å². The molecule has 1 unspecified atom stereocenters. The van der Waals surface area contributed by atoms with Crippen LogP contribution in [0.2, 0.25) is 0 Å². The third kappa shape index (κ3) is 3.17. The Morgan fingerprint density at radius 2 is 2.35 bits per heavy atom. The summed E-state index contributed by atoms with van der Waals surface area (Å²) in [4.78, 5) is 4.51. The zero-order chi connectivity index (χ0) is 12.1. The highest BCUT2D eigenvalue weighted by Crippen LogP contribution is 2.06. The van der Waals surface area contributed by atoms with E-state index >= 15 is 0 Å². The quantitative estimate of drug-likeness (QED) is 0.854. The average molecular weight is 229 g/mol. The van der Waals surface area contributed by atoms with Gasteiger partial charge in [-0.3, -0.25) is 0 Å². The molecule has 17 heavy (non-hydrogen) atoms. The molecule has 0 saturated heterocycles. The van der Waals surface area contributed by atoms with E-state index in [-0.39, 0.29) is 0 Å². The van der Waals surface area contributed by atoms with Gasteiger partial charge in [-0.1, -0.05) is 19.1 Å². The van der Waals surface area contributed by atoms with E-state index in [1.54, 1.807) is 0 Å². The Morgan fingerprint density at radius 1 is 1.47 bits per heavy atom. The van der Waals surface area contributed by atoms with E-state index in [0.717, 1.165) is 24.3 Å². The number of nitrogens with zero attached hydrogens (tertiary/aromatic N) is 2. The highest BCUT2D eigenvalue weighted by Gasteiger charge is 1.98. The maximum atomic E-state index is 4.51. The highest BCUT2D eigenvalue weighted by molar-refractivity contribution is 5.51. The van der Waals surface area contributed by atoms with Crippen LogP contribution in [0.4, 0.5) is 0 Å². The fourth-order valence-corrected chi connectivity index (χ4v) is 1.72. The van der Waals surface area contributed by atoms with Crippen LogP contribution in [0.25, 0.3) is 11.7 Å². The van der Waals surface area contributed by atoms with Gasteiger partial charge in [0, 0.05) is 18.4 Å². The molecular formula is C14H19N3. The summed E-state index contributed by atoms with van der Waals surface area (Å²) < 4.78 is 2.03. The number of nitrogens with one attached hydrogen (secondary N) is 1. The molecule has 0 saturated carbocycles. The average Bonchev–Trinajstić information content (AvgIpc) is 2.76. The van der Waals surface area contributed by atoms with Crippen molar-refractivity contribution in [1.82, 2.24) is 14.7 Å². The number of aromatic nitrogens is 2. The van der Waals surface area contributed by atoms with Crippen LogP contribution in [0.15, 0.2) is 36.7 Å². The van der Waals surface area contributed by atoms with E-state index in [0.29, 0.717) is 6.04 Å². The fraction of sp³-hybridized carbons (Fsp3) is 0.357. The Hall–Kier alpha value is -1.61. The lowest BCUT2D eigenvalue weighted by Gasteiger charge is -2.06. The van der Waals surface area contributed by atoms with Gasteiger partial charge in [0.1, 0.15) is 5.65 Å². The summed E-state index contributed by atoms with van der Waals surface area (Å²) in [6, 6.07) is 6.41. The van der Waals surface area contributed by atoms with Crippen molar-refractivity contribution in [3.05, 3.63) is 42.4 Å².